The molecule has 0 aliphatic carbocycles. The maximum absolute atomic E-state index is 4.11. The summed E-state index contributed by atoms with van der Waals surface area (Å²) in [6.07, 6.45) is 0. The van der Waals surface area contributed by atoms with Gasteiger partial charge in [-0.1, -0.05) is 11.8 Å². The molecule has 0 bridgehead atoms. The summed E-state index contributed by atoms with van der Waals surface area (Å²) in [6, 6.07) is 0. The fourth-order valence-electron chi connectivity index (χ4n) is 1.08. The molecule has 1 N–H and O–H groups in total. The summed E-state index contributed by atoms with van der Waals surface area (Å²) >= 11 is 1.74. The van der Waals surface area contributed by atoms with Crippen molar-refractivity contribution in [3.8, 4) is 0 Å². The van der Waals surface area contributed by atoms with Crippen LogP contribution < -0.4 is 5.32 Å². The van der Waals surface area contributed by atoms with Gasteiger partial charge in [-0.25, -0.2) is 0 Å². The Morgan fingerprint density at radius 1 is 1.46 bits per heavy atom. The first-order valence-electron chi connectivity index (χ1n) is 4.46. The van der Waals surface area contributed by atoms with Crippen LogP contribution in [0.5, 0.6) is 0 Å². The van der Waals surface area contributed by atoms with Crippen LogP contribution in [0.25, 0.3) is 0 Å². The molecule has 0 saturated heterocycles. The maximum Gasteiger partial charge on any atom is 0.191 e. The van der Waals surface area contributed by atoms with E-state index in [-0.39, 0.29) is 0 Å². The van der Waals surface area contributed by atoms with Gasteiger partial charge in [-0.15, -0.1) is 10.2 Å². The van der Waals surface area contributed by atoms with Crippen molar-refractivity contribution in [1.82, 2.24) is 20.1 Å². The van der Waals surface area contributed by atoms with Crippen LogP contribution in [0.15, 0.2) is 5.16 Å². The third kappa shape index (κ3) is 2.70. The lowest BCUT2D eigenvalue weighted by Gasteiger charge is -2.03. The van der Waals surface area contributed by atoms with Crippen LogP contribution in [0.4, 0.5) is 0 Å². The van der Waals surface area contributed by atoms with Crippen LogP contribution in [0.2, 0.25) is 0 Å². The number of thioether (sulfide) groups is 1. The van der Waals surface area contributed by atoms with Crippen molar-refractivity contribution in [2.75, 3.05) is 19.3 Å². The van der Waals surface area contributed by atoms with E-state index in [1.165, 1.54) is 0 Å². The monoisotopic (exact) mass is 200 g/mol. The quantitative estimate of drug-likeness (QED) is 0.567. The van der Waals surface area contributed by atoms with Crippen molar-refractivity contribution in [2.24, 2.45) is 0 Å². The minimum Gasteiger partial charge on any atom is -0.319 e. The van der Waals surface area contributed by atoms with Crippen molar-refractivity contribution >= 4 is 11.8 Å². The lowest BCUT2D eigenvalue weighted by molar-refractivity contribution is 0.661. The van der Waals surface area contributed by atoms with E-state index in [1.54, 1.807) is 11.8 Å². The number of nitrogens with one attached hydrogen (secondary N) is 1. The Labute approximate surface area is 83.1 Å². The Bertz CT molecular complexity index is 259. The molecule has 0 unspecified atom stereocenters. The number of rotatable bonds is 5. The van der Waals surface area contributed by atoms with E-state index in [4.69, 9.17) is 0 Å². The van der Waals surface area contributed by atoms with E-state index in [0.717, 1.165) is 29.8 Å². The second-order valence-electron chi connectivity index (χ2n) is 2.73. The van der Waals surface area contributed by atoms with E-state index >= 15 is 0 Å². The SMILES string of the molecule is CCn1c(C)nnc1SCCNC. The highest BCUT2D eigenvalue weighted by Crippen LogP contribution is 2.15. The standard InChI is InChI=1S/C8H16N4S/c1-4-12-7(2)10-11-8(12)13-6-5-9-3/h9H,4-6H2,1-3H3. The van der Waals surface area contributed by atoms with E-state index < -0.39 is 0 Å². The van der Waals surface area contributed by atoms with E-state index in [2.05, 4.69) is 27.0 Å². The van der Waals surface area contributed by atoms with Crippen molar-refractivity contribution in [3.05, 3.63) is 5.82 Å². The Morgan fingerprint density at radius 3 is 2.85 bits per heavy atom. The molecule has 1 rings (SSSR count). The third-order valence-corrected chi connectivity index (χ3v) is 2.77. The van der Waals surface area contributed by atoms with Crippen molar-refractivity contribution in [2.45, 2.75) is 25.5 Å². The van der Waals surface area contributed by atoms with Crippen LogP contribution in [0.3, 0.4) is 0 Å². The van der Waals surface area contributed by atoms with Crippen molar-refractivity contribution < 1.29 is 0 Å². The number of nitrogens with zero attached hydrogens (tertiary/aromatic N) is 3. The van der Waals surface area contributed by atoms with Crippen molar-refractivity contribution in [1.29, 1.82) is 0 Å². The van der Waals surface area contributed by atoms with Gasteiger partial charge in [0.2, 0.25) is 0 Å². The lowest BCUT2D eigenvalue weighted by atomic mass is 10.6. The van der Waals surface area contributed by atoms with Gasteiger partial charge in [0.1, 0.15) is 5.82 Å². The maximum atomic E-state index is 4.11. The minimum absolute atomic E-state index is 0.945. The number of aryl methyl sites for hydroxylation is 1. The van der Waals surface area contributed by atoms with Gasteiger partial charge in [0.15, 0.2) is 5.16 Å². The van der Waals surface area contributed by atoms with Gasteiger partial charge >= 0.3 is 0 Å². The van der Waals surface area contributed by atoms with Gasteiger partial charge in [-0.3, -0.25) is 0 Å². The first kappa shape index (κ1) is 10.5. The molecule has 1 aromatic heterocycles. The van der Waals surface area contributed by atoms with Gasteiger partial charge in [0.25, 0.3) is 0 Å². The zero-order valence-electron chi connectivity index (χ0n) is 8.37. The van der Waals surface area contributed by atoms with E-state index in [0.29, 0.717) is 0 Å². The normalized spacial score (nSPS) is 10.7. The second kappa shape index (κ2) is 5.24. The molecule has 0 fully saturated rings. The van der Waals surface area contributed by atoms with Gasteiger partial charge in [-0.2, -0.15) is 0 Å². The second-order valence-corrected chi connectivity index (χ2v) is 3.79. The first-order chi connectivity index (χ1) is 6.29. The summed E-state index contributed by atoms with van der Waals surface area (Å²) in [5, 5.41) is 12.3. The largest absolute Gasteiger partial charge is 0.319 e. The molecule has 13 heavy (non-hydrogen) atoms. The van der Waals surface area contributed by atoms with Crippen LogP contribution in [-0.2, 0) is 6.54 Å². The molecule has 74 valence electrons. The summed E-state index contributed by atoms with van der Waals surface area (Å²) in [7, 11) is 1.95. The Balaban J connectivity index is 2.55. The summed E-state index contributed by atoms with van der Waals surface area (Å²) in [5.74, 6) is 2.03. The summed E-state index contributed by atoms with van der Waals surface area (Å²) < 4.78 is 2.13. The topological polar surface area (TPSA) is 42.7 Å². The predicted octanol–water partition coefficient (Wildman–Crippen LogP) is 0.918. The molecule has 5 heteroatoms. The fourth-order valence-corrected chi connectivity index (χ4v) is 2.08. The molecular weight excluding hydrogens is 184 g/mol. The zero-order chi connectivity index (χ0) is 9.68. The Hall–Kier alpha value is -0.550. The highest BCUT2D eigenvalue weighted by molar-refractivity contribution is 7.99. The molecule has 0 radical (unpaired) electrons. The smallest absolute Gasteiger partial charge is 0.191 e. The first-order valence-corrected chi connectivity index (χ1v) is 5.45. The number of hydrogen-bond acceptors (Lipinski definition) is 4. The molecular formula is C8H16N4S. The Morgan fingerprint density at radius 2 is 2.23 bits per heavy atom. The summed E-state index contributed by atoms with van der Waals surface area (Å²) in [4.78, 5) is 0. The molecule has 1 heterocycles. The Kier molecular flexibility index (Phi) is 4.24. The van der Waals surface area contributed by atoms with Crippen molar-refractivity contribution in [3.63, 3.8) is 0 Å². The summed E-state index contributed by atoms with van der Waals surface area (Å²) in [6.45, 7) is 6.04. The van der Waals surface area contributed by atoms with Gasteiger partial charge < -0.3 is 9.88 Å². The van der Waals surface area contributed by atoms with Crippen LogP contribution in [0, 0.1) is 6.92 Å². The highest BCUT2D eigenvalue weighted by atomic mass is 32.2. The minimum atomic E-state index is 0.945. The number of hydrogen-bond donors (Lipinski definition) is 1. The molecule has 0 aliphatic heterocycles. The lowest BCUT2D eigenvalue weighted by Crippen LogP contribution is -2.10. The van der Waals surface area contributed by atoms with Crippen LogP contribution in [-0.4, -0.2) is 34.1 Å². The van der Waals surface area contributed by atoms with Gasteiger partial charge in [-0.05, 0) is 20.9 Å². The molecule has 0 amide bonds. The van der Waals surface area contributed by atoms with Crippen LogP contribution >= 0.6 is 11.8 Å². The van der Waals surface area contributed by atoms with Crippen LogP contribution in [0.1, 0.15) is 12.7 Å². The highest BCUT2D eigenvalue weighted by Gasteiger charge is 2.06. The third-order valence-electron chi connectivity index (χ3n) is 1.80. The fraction of sp³-hybridized carbons (Fsp3) is 0.750. The number of aromatic nitrogens is 3. The summed E-state index contributed by atoms with van der Waals surface area (Å²) in [5.41, 5.74) is 0. The predicted molar refractivity (Wildman–Crippen MR) is 55.1 cm³/mol. The molecule has 4 nitrogen and oxygen atoms in total. The van der Waals surface area contributed by atoms with E-state index in [9.17, 15) is 0 Å². The van der Waals surface area contributed by atoms with E-state index in [1.807, 2.05) is 14.0 Å². The molecule has 0 atom stereocenters. The average Bonchev–Trinajstić information content (AvgIpc) is 2.47. The zero-order valence-corrected chi connectivity index (χ0v) is 9.19. The molecule has 0 aliphatic rings. The molecule has 0 spiro atoms. The van der Waals surface area contributed by atoms with Gasteiger partial charge in [0.05, 0.1) is 0 Å². The molecule has 0 aromatic carbocycles. The molecule has 0 saturated carbocycles. The van der Waals surface area contributed by atoms with Gasteiger partial charge in [0, 0.05) is 18.8 Å². The average molecular weight is 200 g/mol. The molecule has 1 aromatic rings.